The number of hydrogen-bond acceptors (Lipinski definition) is 12. The van der Waals surface area contributed by atoms with Gasteiger partial charge >= 0.3 is 0 Å². The second kappa shape index (κ2) is 14.4. The SMILES string of the molecule is CCc1cc(Nc2ncc(Cl)c(Nc3ccc4nccnc4c3CS(C)(=O)=O)n2)c(N(C)C)cc1N1CCC(N2CCN(C)CC2)CC1. The van der Waals surface area contributed by atoms with E-state index < -0.39 is 9.84 Å². The fourth-order valence-corrected chi connectivity index (χ4v) is 7.67. The number of nitrogens with zero attached hydrogens (tertiary/aromatic N) is 8. The molecule has 0 amide bonds. The average Bonchev–Trinajstić information content (AvgIpc) is 3.07. The lowest BCUT2D eigenvalue weighted by Gasteiger charge is -2.43. The van der Waals surface area contributed by atoms with Crippen LogP contribution >= 0.6 is 11.6 Å². The van der Waals surface area contributed by atoms with Crippen molar-refractivity contribution < 1.29 is 8.42 Å². The fraction of sp³-hybridized carbons (Fsp3) is 0.471. The van der Waals surface area contributed by atoms with E-state index in [-0.39, 0.29) is 5.75 Å². The number of hydrogen-bond donors (Lipinski definition) is 2. The number of aromatic nitrogens is 4. The highest BCUT2D eigenvalue weighted by atomic mass is 35.5. The lowest BCUT2D eigenvalue weighted by Crippen LogP contribution is -2.52. The first-order valence-corrected chi connectivity index (χ1v) is 18.9. The zero-order valence-electron chi connectivity index (χ0n) is 28.4. The number of piperidine rings is 1. The Morgan fingerprint density at radius 3 is 2.38 bits per heavy atom. The summed E-state index contributed by atoms with van der Waals surface area (Å²) in [4.78, 5) is 27.7. The summed E-state index contributed by atoms with van der Waals surface area (Å²) >= 11 is 6.57. The number of rotatable bonds is 10. The molecule has 2 aliphatic heterocycles. The van der Waals surface area contributed by atoms with Gasteiger partial charge in [0, 0.05) is 95.0 Å². The van der Waals surface area contributed by atoms with Gasteiger partial charge in [-0.25, -0.2) is 13.4 Å². The van der Waals surface area contributed by atoms with Crippen molar-refractivity contribution >= 4 is 67.0 Å². The Balaban J connectivity index is 1.25. The Morgan fingerprint density at radius 1 is 0.958 bits per heavy atom. The lowest BCUT2D eigenvalue weighted by atomic mass is 9.99. The summed E-state index contributed by atoms with van der Waals surface area (Å²) in [5, 5.41) is 6.98. The van der Waals surface area contributed by atoms with Gasteiger partial charge in [0.05, 0.1) is 34.4 Å². The van der Waals surface area contributed by atoms with Crippen molar-refractivity contribution in [1.29, 1.82) is 0 Å². The van der Waals surface area contributed by atoms with Crippen LogP contribution in [0.3, 0.4) is 0 Å². The Morgan fingerprint density at radius 2 is 1.69 bits per heavy atom. The molecule has 2 aromatic heterocycles. The molecule has 0 radical (unpaired) electrons. The summed E-state index contributed by atoms with van der Waals surface area (Å²) in [6.45, 7) is 8.90. The summed E-state index contributed by atoms with van der Waals surface area (Å²) in [5.41, 5.74) is 6.59. The van der Waals surface area contributed by atoms with Gasteiger partial charge in [-0.3, -0.25) is 14.9 Å². The van der Waals surface area contributed by atoms with E-state index in [1.54, 1.807) is 24.5 Å². The number of benzene rings is 2. The quantitative estimate of drug-likeness (QED) is 0.234. The first-order valence-electron chi connectivity index (χ1n) is 16.5. The van der Waals surface area contributed by atoms with Gasteiger partial charge in [-0.1, -0.05) is 18.5 Å². The predicted octanol–water partition coefficient (Wildman–Crippen LogP) is 4.95. The molecule has 0 bridgehead atoms. The number of fused-ring (bicyclic) bond motifs is 1. The van der Waals surface area contributed by atoms with Gasteiger partial charge in [-0.15, -0.1) is 0 Å². The molecular formula is C34H45ClN10O2S. The van der Waals surface area contributed by atoms with Crippen LogP contribution in [0.15, 0.2) is 42.9 Å². The zero-order chi connectivity index (χ0) is 34.0. The smallest absolute Gasteiger partial charge is 0.229 e. The van der Waals surface area contributed by atoms with E-state index in [2.05, 4.69) is 71.3 Å². The molecule has 0 atom stereocenters. The number of sulfone groups is 1. The van der Waals surface area contributed by atoms with E-state index in [0.29, 0.717) is 45.1 Å². The molecule has 6 rings (SSSR count). The molecule has 0 aliphatic carbocycles. The van der Waals surface area contributed by atoms with Crippen LogP contribution in [-0.2, 0) is 22.0 Å². The first-order chi connectivity index (χ1) is 23.0. The summed E-state index contributed by atoms with van der Waals surface area (Å²) in [5.74, 6) is 0.484. The van der Waals surface area contributed by atoms with Gasteiger partial charge in [-0.2, -0.15) is 4.98 Å². The van der Waals surface area contributed by atoms with E-state index in [4.69, 9.17) is 16.6 Å². The topological polar surface area (TPSA) is 123 Å². The van der Waals surface area contributed by atoms with Gasteiger partial charge in [0.25, 0.3) is 0 Å². The van der Waals surface area contributed by atoms with Gasteiger partial charge in [0.1, 0.15) is 5.02 Å². The Hall–Kier alpha value is -3.78. The summed E-state index contributed by atoms with van der Waals surface area (Å²) < 4.78 is 24.8. The van der Waals surface area contributed by atoms with Crippen LogP contribution in [0.2, 0.25) is 5.02 Å². The van der Waals surface area contributed by atoms with Crippen LogP contribution < -0.4 is 20.4 Å². The Labute approximate surface area is 288 Å². The number of likely N-dealkylation sites (N-methyl/N-ethyl adjacent to an activating group) is 1. The third-order valence-corrected chi connectivity index (χ3v) is 10.4. The molecule has 0 spiro atoms. The number of piperazine rings is 1. The van der Waals surface area contributed by atoms with Crippen molar-refractivity contribution in [3.8, 4) is 0 Å². The molecule has 48 heavy (non-hydrogen) atoms. The number of nitrogens with one attached hydrogen (secondary N) is 2. The van der Waals surface area contributed by atoms with Crippen molar-refractivity contribution in [2.45, 2.75) is 38.0 Å². The van der Waals surface area contributed by atoms with Crippen LogP contribution in [0.4, 0.5) is 34.5 Å². The highest BCUT2D eigenvalue weighted by Crippen LogP contribution is 2.37. The highest BCUT2D eigenvalue weighted by Gasteiger charge is 2.28. The van der Waals surface area contributed by atoms with Crippen LogP contribution in [-0.4, -0.2) is 111 Å². The molecule has 256 valence electrons. The maximum atomic E-state index is 12.4. The molecular weight excluding hydrogens is 648 g/mol. The predicted molar refractivity (Wildman–Crippen MR) is 196 cm³/mol. The van der Waals surface area contributed by atoms with Gasteiger partial charge in [0.2, 0.25) is 5.95 Å². The van der Waals surface area contributed by atoms with E-state index in [9.17, 15) is 8.42 Å². The van der Waals surface area contributed by atoms with E-state index >= 15 is 0 Å². The maximum absolute atomic E-state index is 12.4. The van der Waals surface area contributed by atoms with Crippen LogP contribution in [0.1, 0.15) is 30.9 Å². The minimum Gasteiger partial charge on any atom is -0.376 e. The van der Waals surface area contributed by atoms with Crippen molar-refractivity contribution in [1.82, 2.24) is 29.7 Å². The first kappa shape index (κ1) is 34.1. The zero-order valence-corrected chi connectivity index (χ0v) is 29.9. The maximum Gasteiger partial charge on any atom is 0.229 e. The molecule has 14 heteroatoms. The highest BCUT2D eigenvalue weighted by molar-refractivity contribution is 7.89. The molecule has 2 saturated heterocycles. The van der Waals surface area contributed by atoms with Crippen molar-refractivity contribution in [3.05, 3.63) is 59.0 Å². The average molecular weight is 693 g/mol. The lowest BCUT2D eigenvalue weighted by molar-refractivity contribution is 0.0982. The molecule has 0 saturated carbocycles. The minimum absolute atomic E-state index is 0.217. The molecule has 4 aromatic rings. The Kier molecular flexibility index (Phi) is 10.2. The van der Waals surface area contributed by atoms with E-state index in [0.717, 1.165) is 57.1 Å². The monoisotopic (exact) mass is 692 g/mol. The van der Waals surface area contributed by atoms with Gasteiger partial charge in [0.15, 0.2) is 15.7 Å². The molecule has 4 heterocycles. The van der Waals surface area contributed by atoms with Crippen molar-refractivity contribution in [2.75, 3.05) is 87.1 Å². The normalized spacial score (nSPS) is 16.8. The van der Waals surface area contributed by atoms with Crippen molar-refractivity contribution in [2.24, 2.45) is 0 Å². The second-order valence-corrected chi connectivity index (χ2v) is 15.6. The summed E-state index contributed by atoms with van der Waals surface area (Å²) in [6, 6.07) is 8.70. The standard InChI is InChI=1S/C34H45ClN10O2S/c1-6-23-19-29(31(42(2)3)20-30(23)45-13-9-24(10-14-45)44-17-15-43(4)16-18-44)40-34-38-21-26(35)33(41-34)39-27-7-8-28-32(37-12-11-36-28)25(27)22-48(5,46)47/h7-8,11-12,19-21,24H,6,9-10,13-18,22H2,1-5H3,(H2,38,39,40,41). The summed E-state index contributed by atoms with van der Waals surface area (Å²) in [7, 11) is 2.91. The Bertz CT molecular complexity index is 1870. The van der Waals surface area contributed by atoms with E-state index in [1.807, 2.05) is 14.1 Å². The summed E-state index contributed by atoms with van der Waals surface area (Å²) in [6.07, 6.45) is 9.09. The number of halogens is 1. The third kappa shape index (κ3) is 7.75. The van der Waals surface area contributed by atoms with Crippen LogP contribution in [0.5, 0.6) is 0 Å². The van der Waals surface area contributed by atoms with E-state index in [1.165, 1.54) is 36.5 Å². The molecule has 2 N–H and O–H groups in total. The van der Waals surface area contributed by atoms with Crippen molar-refractivity contribution in [3.63, 3.8) is 0 Å². The molecule has 2 fully saturated rings. The van der Waals surface area contributed by atoms with Crippen LogP contribution in [0, 0.1) is 0 Å². The van der Waals surface area contributed by atoms with Crippen LogP contribution in [0.25, 0.3) is 11.0 Å². The minimum atomic E-state index is -3.38. The third-order valence-electron chi connectivity index (χ3n) is 9.31. The number of aryl methyl sites for hydroxylation is 1. The second-order valence-electron chi connectivity index (χ2n) is 13.0. The van der Waals surface area contributed by atoms with Gasteiger partial charge in [-0.05, 0) is 56.1 Å². The molecule has 2 aromatic carbocycles. The molecule has 12 nitrogen and oxygen atoms in total. The molecule has 0 unspecified atom stereocenters. The largest absolute Gasteiger partial charge is 0.376 e. The molecule has 2 aliphatic rings. The number of anilines is 6. The fourth-order valence-electron chi connectivity index (χ4n) is 6.71. The van der Waals surface area contributed by atoms with Gasteiger partial charge < -0.3 is 25.3 Å².